The second-order valence-electron chi connectivity index (χ2n) is 6.53. The summed E-state index contributed by atoms with van der Waals surface area (Å²) in [5.74, 6) is -2.11. The summed E-state index contributed by atoms with van der Waals surface area (Å²) in [7, 11) is 1.57. The lowest BCUT2D eigenvalue weighted by Gasteiger charge is -2.26. The Morgan fingerprint density at radius 2 is 1.88 bits per heavy atom. The molecule has 24 heavy (non-hydrogen) atoms. The van der Waals surface area contributed by atoms with Gasteiger partial charge in [-0.3, -0.25) is 4.79 Å². The lowest BCUT2D eigenvalue weighted by Crippen LogP contribution is -2.36. The molecule has 0 aliphatic heterocycles. The van der Waals surface area contributed by atoms with E-state index in [9.17, 15) is 18.4 Å². The molecule has 0 bridgehead atoms. The molecule has 0 heterocycles. The minimum atomic E-state index is -0.952. The third kappa shape index (κ3) is 6.14. The molecule has 1 N–H and O–H groups in total. The number of nitrogens with one attached hydrogen (secondary N) is 1. The van der Waals surface area contributed by atoms with E-state index >= 15 is 0 Å². The number of halogens is 2. The highest BCUT2D eigenvalue weighted by atomic mass is 19.2. The quantitative estimate of drug-likeness (QED) is 0.892. The van der Waals surface area contributed by atoms with Crippen molar-refractivity contribution in [3.05, 3.63) is 35.4 Å². The van der Waals surface area contributed by atoms with Crippen LogP contribution in [0.4, 0.5) is 13.6 Å². The van der Waals surface area contributed by atoms with E-state index in [0.717, 1.165) is 12.1 Å². The molecular weight excluding hydrogens is 318 g/mol. The number of ether oxygens (including phenoxy) is 1. The summed E-state index contributed by atoms with van der Waals surface area (Å²) in [6.45, 7) is 7.08. The Labute approximate surface area is 141 Å². The summed E-state index contributed by atoms with van der Waals surface area (Å²) >= 11 is 0. The van der Waals surface area contributed by atoms with Gasteiger partial charge in [-0.05, 0) is 45.4 Å². The van der Waals surface area contributed by atoms with Crippen molar-refractivity contribution in [1.29, 1.82) is 0 Å². The maximum atomic E-state index is 13.3. The predicted octanol–water partition coefficient (Wildman–Crippen LogP) is 3.40. The average molecular weight is 342 g/mol. The van der Waals surface area contributed by atoms with Gasteiger partial charge in [0.1, 0.15) is 5.60 Å². The zero-order valence-electron chi connectivity index (χ0n) is 14.7. The molecule has 134 valence electrons. The first-order valence-corrected chi connectivity index (χ1v) is 7.68. The van der Waals surface area contributed by atoms with Crippen LogP contribution in [0, 0.1) is 11.6 Å². The van der Waals surface area contributed by atoms with Crippen LogP contribution >= 0.6 is 0 Å². The Morgan fingerprint density at radius 3 is 2.42 bits per heavy atom. The van der Waals surface area contributed by atoms with Crippen molar-refractivity contribution in [3.63, 3.8) is 0 Å². The molecule has 7 heteroatoms. The molecule has 0 aromatic heterocycles. The van der Waals surface area contributed by atoms with Crippen molar-refractivity contribution < 1.29 is 23.1 Å². The van der Waals surface area contributed by atoms with E-state index < -0.39 is 29.4 Å². The van der Waals surface area contributed by atoms with Crippen molar-refractivity contribution in [3.8, 4) is 0 Å². The summed E-state index contributed by atoms with van der Waals surface area (Å²) in [5, 5.41) is 2.50. The smallest absolute Gasteiger partial charge is 0.407 e. The van der Waals surface area contributed by atoms with Crippen molar-refractivity contribution in [2.24, 2.45) is 0 Å². The lowest BCUT2D eigenvalue weighted by atomic mass is 10.1. The Balaban J connectivity index is 2.52. The molecular formula is C17H24F2N2O3. The van der Waals surface area contributed by atoms with Crippen LogP contribution < -0.4 is 5.32 Å². The van der Waals surface area contributed by atoms with Gasteiger partial charge in [0.15, 0.2) is 11.6 Å². The number of carbonyl (C=O) groups excluding carboxylic acids is 2. The molecule has 0 fully saturated rings. The third-order valence-corrected chi connectivity index (χ3v) is 3.41. The SMILES string of the molecule is CC(c1ccc(F)c(F)c1)N(C)C(=O)CCNC(=O)OC(C)(C)C. The molecule has 0 saturated carbocycles. The number of alkyl carbamates (subject to hydrolysis) is 1. The minimum absolute atomic E-state index is 0.0732. The third-order valence-electron chi connectivity index (χ3n) is 3.41. The molecule has 1 aromatic rings. The fourth-order valence-electron chi connectivity index (χ4n) is 1.97. The summed E-state index contributed by atoms with van der Waals surface area (Å²) in [6.07, 6.45) is -0.518. The number of hydrogen-bond donors (Lipinski definition) is 1. The molecule has 2 amide bonds. The van der Waals surface area contributed by atoms with Crippen LogP contribution in [0.15, 0.2) is 18.2 Å². The van der Waals surface area contributed by atoms with Gasteiger partial charge >= 0.3 is 6.09 Å². The highest BCUT2D eigenvalue weighted by Gasteiger charge is 2.20. The number of carbonyl (C=O) groups is 2. The summed E-state index contributed by atoms with van der Waals surface area (Å²) in [4.78, 5) is 25.1. The van der Waals surface area contributed by atoms with E-state index in [2.05, 4.69) is 5.32 Å². The zero-order chi connectivity index (χ0) is 18.5. The van der Waals surface area contributed by atoms with Gasteiger partial charge in [-0.15, -0.1) is 0 Å². The van der Waals surface area contributed by atoms with Crippen LogP contribution in [-0.4, -0.2) is 36.1 Å². The molecule has 0 aliphatic carbocycles. The average Bonchev–Trinajstić information content (AvgIpc) is 2.46. The van der Waals surface area contributed by atoms with Gasteiger partial charge in [-0.25, -0.2) is 13.6 Å². The van der Waals surface area contributed by atoms with E-state index in [1.54, 1.807) is 34.7 Å². The first kappa shape index (κ1) is 19.9. The zero-order valence-corrected chi connectivity index (χ0v) is 14.7. The van der Waals surface area contributed by atoms with Crippen molar-refractivity contribution in [2.45, 2.75) is 45.8 Å². The Kier molecular flexibility index (Phi) is 6.69. The predicted molar refractivity (Wildman–Crippen MR) is 86.4 cm³/mol. The van der Waals surface area contributed by atoms with E-state index in [0.29, 0.717) is 5.56 Å². The minimum Gasteiger partial charge on any atom is -0.444 e. The first-order chi connectivity index (χ1) is 11.0. The van der Waals surface area contributed by atoms with Gasteiger partial charge in [-0.2, -0.15) is 0 Å². The Bertz CT molecular complexity index is 600. The second kappa shape index (κ2) is 8.08. The van der Waals surface area contributed by atoms with Crippen molar-refractivity contribution in [1.82, 2.24) is 10.2 Å². The van der Waals surface area contributed by atoms with Gasteiger partial charge < -0.3 is 15.0 Å². The van der Waals surface area contributed by atoms with Crippen LogP contribution in [0.25, 0.3) is 0 Å². The molecule has 0 spiro atoms. The monoisotopic (exact) mass is 342 g/mol. The van der Waals surface area contributed by atoms with Crippen LogP contribution in [0.3, 0.4) is 0 Å². The van der Waals surface area contributed by atoms with E-state index in [1.807, 2.05) is 0 Å². The van der Waals surface area contributed by atoms with Gasteiger partial charge in [0.25, 0.3) is 0 Å². The number of nitrogens with zero attached hydrogens (tertiary/aromatic N) is 1. The number of benzene rings is 1. The Hall–Kier alpha value is -2.18. The largest absolute Gasteiger partial charge is 0.444 e. The summed E-state index contributed by atoms with van der Waals surface area (Å²) in [6, 6.07) is 3.12. The lowest BCUT2D eigenvalue weighted by molar-refractivity contribution is -0.131. The Morgan fingerprint density at radius 1 is 1.25 bits per heavy atom. The number of rotatable bonds is 5. The maximum Gasteiger partial charge on any atom is 0.407 e. The van der Waals surface area contributed by atoms with Crippen LogP contribution in [0.5, 0.6) is 0 Å². The van der Waals surface area contributed by atoms with Crippen molar-refractivity contribution >= 4 is 12.0 Å². The number of hydrogen-bond acceptors (Lipinski definition) is 3. The van der Waals surface area contributed by atoms with E-state index in [-0.39, 0.29) is 18.9 Å². The summed E-state index contributed by atoms with van der Waals surface area (Å²) < 4.78 is 31.3. The van der Waals surface area contributed by atoms with Gasteiger partial charge in [0.2, 0.25) is 5.91 Å². The molecule has 0 radical (unpaired) electrons. The van der Waals surface area contributed by atoms with Crippen molar-refractivity contribution in [2.75, 3.05) is 13.6 Å². The fraction of sp³-hybridized carbons (Fsp3) is 0.529. The fourth-order valence-corrected chi connectivity index (χ4v) is 1.97. The van der Waals surface area contributed by atoms with E-state index in [1.165, 1.54) is 11.0 Å². The molecule has 0 saturated heterocycles. The molecule has 1 aromatic carbocycles. The molecule has 5 nitrogen and oxygen atoms in total. The highest BCUT2D eigenvalue weighted by Crippen LogP contribution is 2.21. The van der Waals surface area contributed by atoms with Crippen LogP contribution in [0.2, 0.25) is 0 Å². The standard InChI is InChI=1S/C17H24F2N2O3/c1-11(12-6-7-13(18)14(19)10-12)21(5)15(22)8-9-20-16(23)24-17(2,3)4/h6-7,10-11H,8-9H2,1-5H3,(H,20,23). The normalized spacial score (nSPS) is 12.5. The summed E-state index contributed by atoms with van der Waals surface area (Å²) in [5.41, 5.74) is -0.115. The molecule has 1 atom stereocenters. The van der Waals surface area contributed by atoms with Crippen LogP contribution in [0.1, 0.15) is 45.7 Å². The maximum absolute atomic E-state index is 13.3. The highest BCUT2D eigenvalue weighted by molar-refractivity contribution is 5.77. The molecule has 1 unspecified atom stereocenters. The number of amides is 2. The van der Waals surface area contributed by atoms with Crippen LogP contribution in [-0.2, 0) is 9.53 Å². The molecule has 1 rings (SSSR count). The van der Waals surface area contributed by atoms with E-state index in [4.69, 9.17) is 4.74 Å². The van der Waals surface area contributed by atoms with Gasteiger partial charge in [0, 0.05) is 20.0 Å². The second-order valence-corrected chi connectivity index (χ2v) is 6.53. The first-order valence-electron chi connectivity index (χ1n) is 7.68. The van der Waals surface area contributed by atoms with Gasteiger partial charge in [-0.1, -0.05) is 6.07 Å². The molecule has 0 aliphatic rings. The van der Waals surface area contributed by atoms with Gasteiger partial charge in [0.05, 0.1) is 6.04 Å². The topological polar surface area (TPSA) is 58.6 Å².